The van der Waals surface area contributed by atoms with Crippen molar-refractivity contribution in [2.75, 3.05) is 25.0 Å². The topological polar surface area (TPSA) is 108 Å². The van der Waals surface area contributed by atoms with Crippen LogP contribution in [0.2, 0.25) is 0 Å². The van der Waals surface area contributed by atoms with Crippen molar-refractivity contribution in [2.45, 2.75) is 44.2 Å². The number of anilines is 1. The SMILES string of the molecule is O=C(NCC(=O)C1CC1)c1cc(CNC(=O)N2CCC3(CC2)CC(=O)c2cc(F)ccc2N3)ccc1F. The summed E-state index contributed by atoms with van der Waals surface area (Å²) in [7, 11) is 0. The van der Waals surface area contributed by atoms with Crippen molar-refractivity contribution in [2.24, 2.45) is 5.92 Å². The summed E-state index contributed by atoms with van der Waals surface area (Å²) in [6.07, 6.45) is 3.03. The Morgan fingerprint density at radius 1 is 1.03 bits per heavy atom. The maximum atomic E-state index is 14.2. The molecule has 1 saturated carbocycles. The summed E-state index contributed by atoms with van der Waals surface area (Å²) in [5.74, 6) is -1.97. The van der Waals surface area contributed by atoms with Gasteiger partial charge in [-0.1, -0.05) is 6.07 Å². The Hall–Kier alpha value is -3.82. The molecule has 3 aliphatic rings. The Labute approximate surface area is 212 Å². The number of amides is 3. The maximum Gasteiger partial charge on any atom is 0.317 e. The number of hydrogen-bond donors (Lipinski definition) is 3. The number of piperidine rings is 1. The molecule has 2 aromatic carbocycles. The van der Waals surface area contributed by atoms with Crippen LogP contribution in [0.25, 0.3) is 0 Å². The first-order valence-electron chi connectivity index (χ1n) is 12.5. The zero-order valence-electron chi connectivity index (χ0n) is 20.2. The van der Waals surface area contributed by atoms with Gasteiger partial charge in [0.2, 0.25) is 0 Å². The largest absolute Gasteiger partial charge is 0.378 e. The van der Waals surface area contributed by atoms with E-state index in [0.717, 1.165) is 12.8 Å². The number of fused-ring (bicyclic) bond motifs is 1. The second kappa shape index (κ2) is 9.91. The van der Waals surface area contributed by atoms with Crippen LogP contribution in [0, 0.1) is 17.6 Å². The lowest BCUT2D eigenvalue weighted by molar-refractivity contribution is -0.119. The minimum Gasteiger partial charge on any atom is -0.378 e. The molecule has 0 atom stereocenters. The van der Waals surface area contributed by atoms with Crippen LogP contribution in [0.3, 0.4) is 0 Å². The van der Waals surface area contributed by atoms with Crippen LogP contribution >= 0.6 is 0 Å². The quantitative estimate of drug-likeness (QED) is 0.552. The molecule has 10 heteroatoms. The van der Waals surface area contributed by atoms with Gasteiger partial charge in [-0.15, -0.1) is 0 Å². The number of urea groups is 1. The third kappa shape index (κ3) is 5.47. The molecule has 0 bridgehead atoms. The molecule has 2 heterocycles. The summed E-state index contributed by atoms with van der Waals surface area (Å²) >= 11 is 0. The van der Waals surface area contributed by atoms with E-state index in [4.69, 9.17) is 0 Å². The third-order valence-corrected chi connectivity index (χ3v) is 7.36. The average Bonchev–Trinajstić information content (AvgIpc) is 3.73. The first-order chi connectivity index (χ1) is 17.7. The molecule has 1 saturated heterocycles. The highest BCUT2D eigenvalue weighted by molar-refractivity contribution is 6.04. The van der Waals surface area contributed by atoms with Crippen molar-refractivity contribution in [3.63, 3.8) is 0 Å². The van der Waals surface area contributed by atoms with Gasteiger partial charge in [0.25, 0.3) is 5.91 Å². The van der Waals surface area contributed by atoms with Gasteiger partial charge in [0, 0.05) is 48.8 Å². The fourth-order valence-electron chi connectivity index (χ4n) is 4.99. The van der Waals surface area contributed by atoms with Crippen molar-refractivity contribution in [3.05, 3.63) is 64.7 Å². The molecule has 2 aliphatic heterocycles. The molecule has 1 aliphatic carbocycles. The van der Waals surface area contributed by atoms with Crippen molar-refractivity contribution < 1.29 is 28.0 Å². The number of Topliss-reactive ketones (excluding diaryl/α,β-unsaturated/α-hetero) is 2. The molecule has 37 heavy (non-hydrogen) atoms. The van der Waals surface area contributed by atoms with E-state index < -0.39 is 23.1 Å². The Morgan fingerprint density at radius 3 is 2.51 bits per heavy atom. The van der Waals surface area contributed by atoms with E-state index in [1.807, 2.05) is 0 Å². The zero-order chi connectivity index (χ0) is 26.2. The highest BCUT2D eigenvalue weighted by atomic mass is 19.1. The second-order valence-electron chi connectivity index (χ2n) is 10.1. The lowest BCUT2D eigenvalue weighted by atomic mass is 9.78. The fourth-order valence-corrected chi connectivity index (χ4v) is 4.99. The van der Waals surface area contributed by atoms with Gasteiger partial charge in [-0.3, -0.25) is 14.4 Å². The van der Waals surface area contributed by atoms with Crippen LogP contribution in [0.5, 0.6) is 0 Å². The van der Waals surface area contributed by atoms with E-state index in [0.29, 0.717) is 42.7 Å². The molecular weight excluding hydrogens is 482 g/mol. The zero-order valence-corrected chi connectivity index (χ0v) is 20.2. The van der Waals surface area contributed by atoms with E-state index in [-0.39, 0.29) is 48.6 Å². The van der Waals surface area contributed by atoms with Crippen LogP contribution in [-0.4, -0.2) is 53.6 Å². The van der Waals surface area contributed by atoms with E-state index in [2.05, 4.69) is 16.0 Å². The van der Waals surface area contributed by atoms with E-state index in [1.165, 1.54) is 30.3 Å². The summed E-state index contributed by atoms with van der Waals surface area (Å²) < 4.78 is 27.8. The fraction of sp³-hybridized carbons (Fsp3) is 0.407. The average molecular weight is 511 g/mol. The van der Waals surface area contributed by atoms with Crippen molar-refractivity contribution in [1.29, 1.82) is 0 Å². The lowest BCUT2D eigenvalue weighted by Crippen LogP contribution is -2.55. The molecule has 1 spiro atoms. The lowest BCUT2D eigenvalue weighted by Gasteiger charge is -2.45. The first-order valence-corrected chi connectivity index (χ1v) is 12.5. The number of nitrogens with one attached hydrogen (secondary N) is 3. The number of benzene rings is 2. The molecule has 8 nitrogen and oxygen atoms in total. The standard InChI is InChI=1S/C27H28F2N4O4/c28-18-4-6-22-20(12-18)23(34)13-27(32-22)7-9-33(10-8-27)26(37)31-14-16-1-5-21(29)19(11-16)25(36)30-15-24(35)17-2-3-17/h1,4-6,11-12,17,32H,2-3,7-10,13-15H2,(H,30,36)(H,31,37). The first kappa shape index (κ1) is 24.9. The molecule has 0 aromatic heterocycles. The van der Waals surface area contributed by atoms with Crippen LogP contribution in [-0.2, 0) is 11.3 Å². The summed E-state index contributed by atoms with van der Waals surface area (Å²) in [5.41, 5.74) is 0.865. The summed E-state index contributed by atoms with van der Waals surface area (Å²) in [5, 5.41) is 8.67. The highest BCUT2D eigenvalue weighted by Crippen LogP contribution is 2.37. The number of carbonyl (C=O) groups excluding carboxylic acids is 4. The number of rotatable bonds is 6. The summed E-state index contributed by atoms with van der Waals surface area (Å²) in [6.45, 7) is 0.824. The van der Waals surface area contributed by atoms with Crippen molar-refractivity contribution in [1.82, 2.24) is 15.5 Å². The molecule has 3 amide bonds. The molecule has 3 N–H and O–H groups in total. The number of carbonyl (C=O) groups is 4. The molecule has 2 aromatic rings. The molecular formula is C27H28F2N4O4. The van der Waals surface area contributed by atoms with Gasteiger partial charge in [0.05, 0.1) is 12.1 Å². The number of hydrogen-bond acceptors (Lipinski definition) is 5. The van der Waals surface area contributed by atoms with Gasteiger partial charge in [-0.2, -0.15) is 0 Å². The number of ketones is 2. The summed E-state index contributed by atoms with van der Waals surface area (Å²) in [4.78, 5) is 51.2. The van der Waals surface area contributed by atoms with Gasteiger partial charge in [-0.05, 0) is 61.6 Å². The number of likely N-dealkylation sites (tertiary alicyclic amines) is 1. The number of nitrogens with zero attached hydrogens (tertiary/aromatic N) is 1. The normalized spacial score (nSPS) is 18.1. The molecule has 2 fully saturated rings. The minimum absolute atomic E-state index is 0.00567. The van der Waals surface area contributed by atoms with Crippen LogP contribution in [0.4, 0.5) is 19.3 Å². The third-order valence-electron chi connectivity index (χ3n) is 7.36. The molecule has 0 radical (unpaired) electrons. The Balaban J connectivity index is 1.14. The molecule has 0 unspecified atom stereocenters. The second-order valence-corrected chi connectivity index (χ2v) is 10.1. The van der Waals surface area contributed by atoms with E-state index in [9.17, 15) is 28.0 Å². The molecule has 5 rings (SSSR count). The van der Waals surface area contributed by atoms with Gasteiger partial charge in [-0.25, -0.2) is 13.6 Å². The highest BCUT2D eigenvalue weighted by Gasteiger charge is 2.41. The van der Waals surface area contributed by atoms with Crippen molar-refractivity contribution >= 4 is 29.2 Å². The predicted molar refractivity (Wildman–Crippen MR) is 131 cm³/mol. The minimum atomic E-state index is -0.702. The smallest absolute Gasteiger partial charge is 0.317 e. The van der Waals surface area contributed by atoms with Gasteiger partial charge >= 0.3 is 6.03 Å². The summed E-state index contributed by atoms with van der Waals surface area (Å²) in [6, 6.07) is 7.87. The number of halogens is 2. The molecule has 194 valence electrons. The van der Waals surface area contributed by atoms with Gasteiger partial charge < -0.3 is 20.9 Å². The van der Waals surface area contributed by atoms with Crippen LogP contribution in [0.1, 0.15) is 58.4 Å². The van der Waals surface area contributed by atoms with Crippen LogP contribution < -0.4 is 16.0 Å². The Bertz CT molecular complexity index is 1270. The van der Waals surface area contributed by atoms with E-state index in [1.54, 1.807) is 11.0 Å². The monoisotopic (exact) mass is 510 g/mol. The van der Waals surface area contributed by atoms with Gasteiger partial charge in [0.15, 0.2) is 11.6 Å². The Kier molecular flexibility index (Phi) is 6.66. The van der Waals surface area contributed by atoms with Crippen molar-refractivity contribution in [3.8, 4) is 0 Å². The van der Waals surface area contributed by atoms with Gasteiger partial charge in [0.1, 0.15) is 11.6 Å². The van der Waals surface area contributed by atoms with Crippen LogP contribution in [0.15, 0.2) is 36.4 Å². The van der Waals surface area contributed by atoms with E-state index >= 15 is 0 Å². The Morgan fingerprint density at radius 2 is 1.78 bits per heavy atom. The predicted octanol–water partition coefficient (Wildman–Crippen LogP) is 3.42. The maximum absolute atomic E-state index is 14.2.